The highest BCUT2D eigenvalue weighted by Crippen LogP contribution is 2.34. The summed E-state index contributed by atoms with van der Waals surface area (Å²) in [6, 6.07) is 7.80. The summed E-state index contributed by atoms with van der Waals surface area (Å²) in [5, 5.41) is 13.6. The van der Waals surface area contributed by atoms with Gasteiger partial charge in [0.25, 0.3) is 0 Å². The van der Waals surface area contributed by atoms with Crippen molar-refractivity contribution >= 4 is 9.84 Å². The number of hydrogen-bond acceptors (Lipinski definition) is 6. The van der Waals surface area contributed by atoms with Gasteiger partial charge in [-0.3, -0.25) is 4.79 Å². The van der Waals surface area contributed by atoms with Gasteiger partial charge in [-0.2, -0.15) is 5.21 Å². The number of rotatable bonds is 3. The van der Waals surface area contributed by atoms with Crippen molar-refractivity contribution in [2.24, 2.45) is 0 Å². The van der Waals surface area contributed by atoms with Gasteiger partial charge in [0.05, 0.1) is 4.90 Å². The molecule has 2 heterocycles. The molecule has 1 aromatic carbocycles. The van der Waals surface area contributed by atoms with Gasteiger partial charge in [0.1, 0.15) is 0 Å². The molecule has 0 radical (unpaired) electrons. The first-order chi connectivity index (χ1) is 10.5. The highest BCUT2D eigenvalue weighted by molar-refractivity contribution is 7.90. The minimum Gasteiger partial charge on any atom is -0.328 e. The number of aromatic amines is 2. The lowest BCUT2D eigenvalue weighted by Crippen LogP contribution is -2.04. The Morgan fingerprint density at radius 2 is 1.95 bits per heavy atom. The topological polar surface area (TPSA) is 121 Å². The molecule has 0 fully saturated rings. The van der Waals surface area contributed by atoms with Crippen LogP contribution in [0.4, 0.5) is 0 Å². The Morgan fingerprint density at radius 1 is 1.14 bits per heavy atom. The molecule has 0 atom stereocenters. The highest BCUT2D eigenvalue weighted by Gasteiger charge is 2.21. The average Bonchev–Trinajstić information content (AvgIpc) is 3.00. The Hall–Kier alpha value is -2.81. The predicted octanol–water partition coefficient (Wildman–Crippen LogP) is 0.626. The number of H-pyrrole nitrogens is 2. The van der Waals surface area contributed by atoms with E-state index in [1.54, 1.807) is 18.2 Å². The molecule has 8 nitrogen and oxygen atoms in total. The molecule has 3 rings (SSSR count). The summed E-state index contributed by atoms with van der Waals surface area (Å²) < 4.78 is 24.1. The Labute approximate surface area is 125 Å². The molecule has 2 aromatic heterocycles. The molecule has 3 aromatic rings. The van der Waals surface area contributed by atoms with E-state index >= 15 is 0 Å². The van der Waals surface area contributed by atoms with Crippen LogP contribution in [-0.2, 0) is 9.84 Å². The van der Waals surface area contributed by atoms with E-state index in [4.69, 9.17) is 0 Å². The summed E-state index contributed by atoms with van der Waals surface area (Å²) in [7, 11) is -3.49. The van der Waals surface area contributed by atoms with Gasteiger partial charge in [-0.1, -0.05) is 12.1 Å². The number of aromatic nitrogens is 5. The van der Waals surface area contributed by atoms with E-state index in [9.17, 15) is 13.2 Å². The van der Waals surface area contributed by atoms with Crippen molar-refractivity contribution in [3.05, 3.63) is 46.9 Å². The minimum absolute atomic E-state index is 0.0950. The fourth-order valence-corrected chi connectivity index (χ4v) is 3.05. The van der Waals surface area contributed by atoms with Crippen LogP contribution in [0.3, 0.4) is 0 Å². The van der Waals surface area contributed by atoms with Crippen LogP contribution in [0.25, 0.3) is 22.5 Å². The fraction of sp³-hybridized carbons (Fsp3) is 0.0769. The third-order valence-electron chi connectivity index (χ3n) is 3.09. The second-order valence-electron chi connectivity index (χ2n) is 4.63. The fourth-order valence-electron chi connectivity index (χ4n) is 2.16. The van der Waals surface area contributed by atoms with Crippen LogP contribution in [-0.4, -0.2) is 40.3 Å². The van der Waals surface area contributed by atoms with Crippen LogP contribution in [0.5, 0.6) is 0 Å². The minimum atomic E-state index is -3.49. The molecule has 9 heteroatoms. The van der Waals surface area contributed by atoms with Crippen LogP contribution in [0, 0.1) is 0 Å². The summed E-state index contributed by atoms with van der Waals surface area (Å²) in [4.78, 5) is 13.9. The molecule has 2 N–H and O–H groups in total. The molecule has 0 unspecified atom stereocenters. The van der Waals surface area contributed by atoms with E-state index in [2.05, 4.69) is 25.6 Å². The van der Waals surface area contributed by atoms with Crippen LogP contribution in [0.2, 0.25) is 0 Å². The molecule has 0 spiro atoms. The Balaban J connectivity index is 2.36. The largest absolute Gasteiger partial charge is 0.328 e. The number of sulfone groups is 1. The van der Waals surface area contributed by atoms with Crippen molar-refractivity contribution in [2.45, 2.75) is 4.90 Å². The molecular weight excluding hydrogens is 306 g/mol. The maximum atomic E-state index is 12.0. The third kappa shape index (κ3) is 2.53. The molecule has 0 aliphatic heterocycles. The lowest BCUT2D eigenvalue weighted by Gasteiger charge is -2.11. The van der Waals surface area contributed by atoms with Crippen molar-refractivity contribution in [1.82, 2.24) is 25.6 Å². The zero-order valence-electron chi connectivity index (χ0n) is 11.4. The van der Waals surface area contributed by atoms with E-state index in [0.717, 1.165) is 6.26 Å². The van der Waals surface area contributed by atoms with E-state index in [1.165, 1.54) is 18.3 Å². The molecular formula is C13H11N5O3S. The average molecular weight is 317 g/mol. The van der Waals surface area contributed by atoms with Gasteiger partial charge in [-0.15, -0.1) is 10.2 Å². The number of tetrazole rings is 1. The van der Waals surface area contributed by atoms with Gasteiger partial charge in [0, 0.05) is 24.1 Å². The Morgan fingerprint density at radius 3 is 2.55 bits per heavy atom. The molecule has 112 valence electrons. The number of hydrogen-bond donors (Lipinski definition) is 2. The van der Waals surface area contributed by atoms with Crippen LogP contribution >= 0.6 is 0 Å². The smallest absolute Gasteiger partial charge is 0.247 e. The third-order valence-corrected chi connectivity index (χ3v) is 4.23. The number of benzene rings is 1. The van der Waals surface area contributed by atoms with Gasteiger partial charge in [-0.25, -0.2) is 8.42 Å². The summed E-state index contributed by atoms with van der Waals surface area (Å²) in [5.41, 5.74) is 1.32. The quantitative estimate of drug-likeness (QED) is 0.730. The van der Waals surface area contributed by atoms with Crippen molar-refractivity contribution in [3.63, 3.8) is 0 Å². The van der Waals surface area contributed by atoms with Gasteiger partial charge < -0.3 is 4.98 Å². The standard InChI is InChI=1S/C13H11N5O3S/c1-22(20,21)10-4-2-3-9(8-5-6-11(19)14-7-8)12(10)13-15-17-18-16-13/h2-7H,1H3,(H,14,19)(H,15,16,17,18). The van der Waals surface area contributed by atoms with Gasteiger partial charge in [-0.05, 0) is 28.5 Å². The molecule has 0 saturated heterocycles. The summed E-state index contributed by atoms with van der Waals surface area (Å²) in [6.45, 7) is 0. The monoisotopic (exact) mass is 317 g/mol. The van der Waals surface area contributed by atoms with Crippen LogP contribution < -0.4 is 5.56 Å². The highest BCUT2D eigenvalue weighted by atomic mass is 32.2. The van der Waals surface area contributed by atoms with Crippen molar-refractivity contribution in [1.29, 1.82) is 0 Å². The second kappa shape index (κ2) is 5.19. The van der Waals surface area contributed by atoms with E-state index in [1.807, 2.05) is 0 Å². The summed E-state index contributed by atoms with van der Waals surface area (Å²) >= 11 is 0. The van der Waals surface area contributed by atoms with Crippen molar-refractivity contribution in [2.75, 3.05) is 6.26 Å². The molecule has 0 amide bonds. The van der Waals surface area contributed by atoms with Gasteiger partial charge in [0.2, 0.25) is 11.4 Å². The van der Waals surface area contributed by atoms with Gasteiger partial charge in [0.15, 0.2) is 9.84 Å². The first-order valence-corrected chi connectivity index (χ1v) is 8.12. The second-order valence-corrected chi connectivity index (χ2v) is 6.61. The van der Waals surface area contributed by atoms with Crippen LogP contribution in [0.1, 0.15) is 0 Å². The molecule has 0 bridgehead atoms. The molecule has 0 aliphatic rings. The number of pyridine rings is 1. The Bertz CT molecular complexity index is 957. The van der Waals surface area contributed by atoms with E-state index < -0.39 is 9.84 Å². The molecule has 0 saturated carbocycles. The van der Waals surface area contributed by atoms with Crippen molar-refractivity contribution < 1.29 is 8.42 Å². The Kier molecular flexibility index (Phi) is 3.33. The molecule has 22 heavy (non-hydrogen) atoms. The lowest BCUT2D eigenvalue weighted by molar-refractivity contribution is 0.602. The van der Waals surface area contributed by atoms with Crippen molar-refractivity contribution in [3.8, 4) is 22.5 Å². The van der Waals surface area contributed by atoms with Crippen LogP contribution in [0.15, 0.2) is 46.2 Å². The zero-order valence-corrected chi connectivity index (χ0v) is 12.3. The summed E-state index contributed by atoms with van der Waals surface area (Å²) in [6.07, 6.45) is 2.62. The van der Waals surface area contributed by atoms with E-state index in [0.29, 0.717) is 16.7 Å². The predicted molar refractivity (Wildman–Crippen MR) is 78.8 cm³/mol. The maximum Gasteiger partial charge on any atom is 0.247 e. The lowest BCUT2D eigenvalue weighted by atomic mass is 10.0. The first kappa shape index (κ1) is 14.1. The normalized spacial score (nSPS) is 11.5. The zero-order chi connectivity index (χ0) is 15.7. The number of nitrogens with zero attached hydrogens (tertiary/aromatic N) is 3. The maximum absolute atomic E-state index is 12.0. The molecule has 0 aliphatic carbocycles. The van der Waals surface area contributed by atoms with E-state index in [-0.39, 0.29) is 16.3 Å². The summed E-state index contributed by atoms with van der Waals surface area (Å²) in [5.74, 6) is 0.169. The first-order valence-electron chi connectivity index (χ1n) is 6.23. The number of nitrogens with one attached hydrogen (secondary N) is 2. The van der Waals surface area contributed by atoms with Gasteiger partial charge >= 0.3 is 0 Å². The SMILES string of the molecule is CS(=O)(=O)c1cccc(-c2ccc(=O)[nH]c2)c1-c1nn[nH]n1.